The fourth-order valence-corrected chi connectivity index (χ4v) is 2.16. The van der Waals surface area contributed by atoms with Gasteiger partial charge in [0, 0.05) is 21.4 Å². The number of carboxylic acid groups (broad SMARTS) is 1. The van der Waals surface area contributed by atoms with Crippen LogP contribution in [0.5, 0.6) is 0 Å². The Bertz CT molecular complexity index is 386. The van der Waals surface area contributed by atoms with Crippen molar-refractivity contribution in [1.29, 1.82) is 0 Å². The molecule has 0 fully saturated rings. The van der Waals surface area contributed by atoms with Gasteiger partial charge in [-0.05, 0) is 40.8 Å². The Hall–Kier alpha value is -0.530. The second-order valence-corrected chi connectivity index (χ2v) is 4.71. The summed E-state index contributed by atoms with van der Waals surface area (Å²) in [6.07, 6.45) is 0. The number of nitrogens with one attached hydrogen (secondary N) is 1. The number of benzene rings is 1. The molecule has 2 N–H and O–H groups in total. The van der Waals surface area contributed by atoms with Crippen LogP contribution in [0.15, 0.2) is 18.2 Å². The third-order valence-corrected chi connectivity index (χ3v) is 3.02. The van der Waals surface area contributed by atoms with Crippen LogP contribution in [-0.2, 0) is 9.53 Å². The molecule has 6 heteroatoms. The molecule has 1 rings (SSSR count). The summed E-state index contributed by atoms with van der Waals surface area (Å²) >= 11 is 7.89. The third kappa shape index (κ3) is 3.80. The van der Waals surface area contributed by atoms with Crippen LogP contribution >= 0.6 is 34.2 Å². The molecule has 16 heavy (non-hydrogen) atoms. The Kier molecular flexibility index (Phi) is 5.30. The van der Waals surface area contributed by atoms with E-state index in [4.69, 9.17) is 21.4 Å². The fourth-order valence-electron chi connectivity index (χ4n) is 1.14. The minimum absolute atomic E-state index is 0.105. The van der Waals surface area contributed by atoms with Gasteiger partial charge in [-0.25, -0.2) is 4.79 Å². The van der Waals surface area contributed by atoms with Crippen LogP contribution in [0, 0.1) is 3.57 Å². The van der Waals surface area contributed by atoms with Gasteiger partial charge in [0.2, 0.25) is 0 Å². The summed E-state index contributed by atoms with van der Waals surface area (Å²) < 4.78 is 5.70. The summed E-state index contributed by atoms with van der Waals surface area (Å²) in [6, 6.07) is 4.45. The highest BCUT2D eigenvalue weighted by molar-refractivity contribution is 14.1. The lowest BCUT2D eigenvalue weighted by atomic mass is 10.2. The predicted molar refractivity (Wildman–Crippen MR) is 71.1 cm³/mol. The number of carbonyl (C=O) groups is 1. The van der Waals surface area contributed by atoms with Gasteiger partial charge in [-0.3, -0.25) is 0 Å². The number of ether oxygens (including phenoxy) is 1. The molecule has 0 aromatic heterocycles. The maximum Gasteiger partial charge on any atom is 0.328 e. The van der Waals surface area contributed by atoms with Gasteiger partial charge in [0.1, 0.15) is 6.04 Å². The van der Waals surface area contributed by atoms with Gasteiger partial charge in [0.25, 0.3) is 0 Å². The van der Waals surface area contributed by atoms with Crippen molar-refractivity contribution in [3.8, 4) is 0 Å². The number of aliphatic carboxylic acids is 1. The molecule has 0 amide bonds. The molecule has 0 radical (unpaired) electrons. The van der Waals surface area contributed by atoms with Crippen molar-refractivity contribution in [2.45, 2.75) is 6.04 Å². The Morgan fingerprint density at radius 3 is 2.88 bits per heavy atom. The zero-order valence-electron chi connectivity index (χ0n) is 8.54. The Morgan fingerprint density at radius 1 is 1.69 bits per heavy atom. The van der Waals surface area contributed by atoms with Gasteiger partial charge in [-0.2, -0.15) is 0 Å². The Labute approximate surface area is 112 Å². The normalized spacial score (nSPS) is 12.2. The van der Waals surface area contributed by atoms with Crippen LogP contribution in [0.1, 0.15) is 0 Å². The average molecular weight is 356 g/mol. The molecule has 0 aliphatic heterocycles. The van der Waals surface area contributed by atoms with Crippen molar-refractivity contribution < 1.29 is 14.6 Å². The topological polar surface area (TPSA) is 58.6 Å². The SMILES string of the molecule is COCC(Nc1ccc(Cl)cc1I)C(=O)O. The lowest BCUT2D eigenvalue weighted by Gasteiger charge is -2.16. The number of carboxylic acids is 1. The number of hydrogen-bond donors (Lipinski definition) is 2. The van der Waals surface area contributed by atoms with Crippen molar-refractivity contribution in [3.05, 3.63) is 26.8 Å². The summed E-state index contributed by atoms with van der Waals surface area (Å²) in [4.78, 5) is 10.9. The molecule has 0 aliphatic carbocycles. The molecule has 1 atom stereocenters. The van der Waals surface area contributed by atoms with E-state index in [2.05, 4.69) is 27.9 Å². The van der Waals surface area contributed by atoms with E-state index in [0.717, 1.165) is 9.26 Å². The minimum Gasteiger partial charge on any atom is -0.480 e. The first-order chi connectivity index (χ1) is 7.54. The Morgan fingerprint density at radius 2 is 2.38 bits per heavy atom. The maximum absolute atomic E-state index is 10.9. The smallest absolute Gasteiger partial charge is 0.328 e. The van der Waals surface area contributed by atoms with Crippen LogP contribution in [0.4, 0.5) is 5.69 Å². The van der Waals surface area contributed by atoms with Crippen molar-refractivity contribution in [2.75, 3.05) is 19.0 Å². The predicted octanol–water partition coefficient (Wildman–Crippen LogP) is 2.46. The third-order valence-electron chi connectivity index (χ3n) is 1.89. The molecule has 1 aromatic carbocycles. The highest BCUT2D eigenvalue weighted by atomic mass is 127. The highest BCUT2D eigenvalue weighted by Gasteiger charge is 2.17. The van der Waals surface area contributed by atoms with E-state index in [1.807, 2.05) is 0 Å². The number of hydrogen-bond acceptors (Lipinski definition) is 3. The number of anilines is 1. The monoisotopic (exact) mass is 355 g/mol. The van der Waals surface area contributed by atoms with E-state index < -0.39 is 12.0 Å². The van der Waals surface area contributed by atoms with Gasteiger partial charge in [-0.15, -0.1) is 0 Å². The average Bonchev–Trinajstić information content (AvgIpc) is 2.20. The fraction of sp³-hybridized carbons (Fsp3) is 0.300. The lowest BCUT2D eigenvalue weighted by Crippen LogP contribution is -2.33. The largest absolute Gasteiger partial charge is 0.480 e. The first-order valence-electron chi connectivity index (χ1n) is 4.48. The molecule has 1 aromatic rings. The van der Waals surface area contributed by atoms with E-state index in [1.54, 1.807) is 18.2 Å². The van der Waals surface area contributed by atoms with Gasteiger partial charge >= 0.3 is 5.97 Å². The molecule has 0 bridgehead atoms. The van der Waals surface area contributed by atoms with Gasteiger partial charge < -0.3 is 15.2 Å². The second-order valence-electron chi connectivity index (χ2n) is 3.11. The van der Waals surface area contributed by atoms with Crippen molar-refractivity contribution in [3.63, 3.8) is 0 Å². The standard InChI is InChI=1S/C10H11ClINO3/c1-16-5-9(10(14)15)13-8-3-2-6(11)4-7(8)12/h2-4,9,13H,5H2,1H3,(H,14,15). The van der Waals surface area contributed by atoms with Crippen molar-refractivity contribution >= 4 is 45.8 Å². The molecule has 0 saturated heterocycles. The van der Waals surface area contributed by atoms with E-state index in [9.17, 15) is 4.79 Å². The molecule has 1 unspecified atom stereocenters. The summed E-state index contributed by atoms with van der Waals surface area (Å²) in [5.74, 6) is -0.951. The molecule has 0 aliphatic rings. The first kappa shape index (κ1) is 13.5. The molecule has 88 valence electrons. The van der Waals surface area contributed by atoms with Crippen LogP contribution in [0.25, 0.3) is 0 Å². The van der Waals surface area contributed by atoms with E-state index in [0.29, 0.717) is 5.02 Å². The van der Waals surface area contributed by atoms with E-state index in [1.165, 1.54) is 7.11 Å². The van der Waals surface area contributed by atoms with Crippen LogP contribution < -0.4 is 5.32 Å². The first-order valence-corrected chi connectivity index (χ1v) is 5.93. The minimum atomic E-state index is -0.951. The van der Waals surface area contributed by atoms with Gasteiger partial charge in [0.05, 0.1) is 6.61 Å². The lowest BCUT2D eigenvalue weighted by molar-refractivity contribution is -0.139. The van der Waals surface area contributed by atoms with Crippen molar-refractivity contribution in [2.24, 2.45) is 0 Å². The molecule has 0 spiro atoms. The van der Waals surface area contributed by atoms with Crippen LogP contribution in [-0.4, -0.2) is 30.8 Å². The molecule has 4 nitrogen and oxygen atoms in total. The number of halogens is 2. The van der Waals surface area contributed by atoms with Crippen LogP contribution in [0.3, 0.4) is 0 Å². The summed E-state index contributed by atoms with van der Waals surface area (Å²) in [6.45, 7) is 0.105. The zero-order valence-corrected chi connectivity index (χ0v) is 11.4. The summed E-state index contributed by atoms with van der Waals surface area (Å²) in [5, 5.41) is 12.4. The second kappa shape index (κ2) is 6.27. The number of rotatable bonds is 5. The van der Waals surface area contributed by atoms with E-state index >= 15 is 0 Å². The quantitative estimate of drug-likeness (QED) is 0.797. The Balaban J connectivity index is 2.81. The summed E-state index contributed by atoms with van der Waals surface area (Å²) in [5.41, 5.74) is 0.731. The number of methoxy groups -OCH3 is 1. The molecular weight excluding hydrogens is 344 g/mol. The van der Waals surface area contributed by atoms with Crippen LogP contribution in [0.2, 0.25) is 5.02 Å². The molecule has 0 saturated carbocycles. The molecular formula is C10H11ClINO3. The highest BCUT2D eigenvalue weighted by Crippen LogP contribution is 2.22. The zero-order chi connectivity index (χ0) is 12.1. The van der Waals surface area contributed by atoms with Crippen molar-refractivity contribution in [1.82, 2.24) is 0 Å². The maximum atomic E-state index is 10.9. The molecule has 0 heterocycles. The van der Waals surface area contributed by atoms with Gasteiger partial charge in [0.15, 0.2) is 0 Å². The summed E-state index contributed by atoms with van der Waals surface area (Å²) in [7, 11) is 1.46. The van der Waals surface area contributed by atoms with Gasteiger partial charge in [-0.1, -0.05) is 11.6 Å². The van der Waals surface area contributed by atoms with E-state index in [-0.39, 0.29) is 6.61 Å².